The van der Waals surface area contributed by atoms with Gasteiger partial charge in [0.25, 0.3) is 5.69 Å². The predicted octanol–water partition coefficient (Wildman–Crippen LogP) is 6.31. The van der Waals surface area contributed by atoms with Crippen molar-refractivity contribution >= 4 is 45.1 Å². The molecule has 4 rings (SSSR count). The molecule has 0 spiro atoms. The Hall–Kier alpha value is -3.49. The van der Waals surface area contributed by atoms with Gasteiger partial charge < -0.3 is 0 Å². The van der Waals surface area contributed by atoms with E-state index in [4.69, 9.17) is 11.6 Å². The predicted molar refractivity (Wildman–Crippen MR) is 126 cm³/mol. The fourth-order valence-corrected chi connectivity index (χ4v) is 3.26. The molecule has 154 valence electrons. The summed E-state index contributed by atoms with van der Waals surface area (Å²) < 4.78 is 2.63. The molecule has 9 heteroatoms. The quantitative estimate of drug-likeness (QED) is 0.193. The van der Waals surface area contributed by atoms with Crippen LogP contribution < -0.4 is 5.43 Å². The number of anilines is 1. The van der Waals surface area contributed by atoms with E-state index in [1.165, 1.54) is 12.1 Å². The number of halogens is 2. The van der Waals surface area contributed by atoms with Gasteiger partial charge >= 0.3 is 0 Å². The van der Waals surface area contributed by atoms with Gasteiger partial charge in [0, 0.05) is 39.0 Å². The lowest BCUT2D eigenvalue weighted by atomic mass is 10.1. The second-order valence-electron chi connectivity index (χ2n) is 6.53. The molecule has 0 atom stereocenters. The number of hydrogen-bond acceptors (Lipinski definition) is 5. The Bertz CT molecular complexity index is 1240. The van der Waals surface area contributed by atoms with Crippen LogP contribution in [0, 0.1) is 10.1 Å². The number of aromatic nitrogens is 2. The van der Waals surface area contributed by atoms with Crippen LogP contribution in [0.15, 0.2) is 88.6 Å². The van der Waals surface area contributed by atoms with Crippen LogP contribution in [0.1, 0.15) is 5.56 Å². The summed E-state index contributed by atoms with van der Waals surface area (Å²) in [6, 6.07) is 21.2. The Morgan fingerprint density at radius 3 is 2.35 bits per heavy atom. The Labute approximate surface area is 191 Å². The molecule has 0 fully saturated rings. The van der Waals surface area contributed by atoms with E-state index in [0.29, 0.717) is 10.7 Å². The van der Waals surface area contributed by atoms with E-state index in [9.17, 15) is 10.1 Å². The van der Waals surface area contributed by atoms with Gasteiger partial charge in [-0.05, 0) is 48.5 Å². The molecule has 0 saturated heterocycles. The third kappa shape index (κ3) is 4.99. The molecule has 0 bridgehead atoms. The van der Waals surface area contributed by atoms with Crippen LogP contribution in [0.5, 0.6) is 0 Å². The number of nitro groups is 1. The maximum absolute atomic E-state index is 10.9. The summed E-state index contributed by atoms with van der Waals surface area (Å²) in [7, 11) is 0. The Balaban J connectivity index is 1.67. The Morgan fingerprint density at radius 1 is 1.03 bits per heavy atom. The molecule has 7 nitrogen and oxygen atoms in total. The van der Waals surface area contributed by atoms with Crippen LogP contribution in [0.25, 0.3) is 16.9 Å². The molecule has 0 radical (unpaired) electrons. The van der Waals surface area contributed by atoms with Crippen molar-refractivity contribution in [3.05, 3.63) is 104 Å². The van der Waals surface area contributed by atoms with E-state index in [0.717, 1.165) is 27.0 Å². The molecule has 1 N–H and O–H groups in total. The van der Waals surface area contributed by atoms with Crippen molar-refractivity contribution in [3.8, 4) is 16.9 Å². The summed E-state index contributed by atoms with van der Waals surface area (Å²) in [5.41, 5.74) is 6.92. The molecule has 0 unspecified atom stereocenters. The highest BCUT2D eigenvalue weighted by atomic mass is 79.9. The topological polar surface area (TPSA) is 85.3 Å². The Kier molecular flexibility index (Phi) is 6.11. The maximum Gasteiger partial charge on any atom is 0.269 e. The van der Waals surface area contributed by atoms with E-state index in [1.54, 1.807) is 35.2 Å². The molecule has 1 heterocycles. The number of non-ortho nitro benzene ring substituents is 1. The van der Waals surface area contributed by atoms with Gasteiger partial charge in [-0.15, -0.1) is 0 Å². The van der Waals surface area contributed by atoms with E-state index < -0.39 is 4.92 Å². The second-order valence-corrected chi connectivity index (χ2v) is 7.89. The van der Waals surface area contributed by atoms with E-state index >= 15 is 0 Å². The van der Waals surface area contributed by atoms with Gasteiger partial charge in [-0.3, -0.25) is 15.5 Å². The minimum atomic E-state index is -0.430. The lowest BCUT2D eigenvalue weighted by Gasteiger charge is -2.01. The first kappa shape index (κ1) is 20.8. The largest absolute Gasteiger partial charge is 0.279 e. The first-order valence-electron chi connectivity index (χ1n) is 9.15. The van der Waals surface area contributed by atoms with E-state index in [1.807, 2.05) is 42.6 Å². The molecule has 0 aliphatic carbocycles. The van der Waals surface area contributed by atoms with Crippen molar-refractivity contribution in [1.29, 1.82) is 0 Å². The molecule has 0 aliphatic rings. The minimum absolute atomic E-state index is 0.0259. The van der Waals surface area contributed by atoms with Crippen molar-refractivity contribution in [3.63, 3.8) is 0 Å². The molecular weight excluding hydrogens is 482 g/mol. The first-order valence-corrected chi connectivity index (χ1v) is 10.3. The number of benzene rings is 3. The smallest absolute Gasteiger partial charge is 0.269 e. The number of rotatable bonds is 6. The molecule has 0 saturated carbocycles. The third-order valence-corrected chi connectivity index (χ3v) is 5.21. The summed E-state index contributed by atoms with van der Waals surface area (Å²) in [5.74, 6) is 0. The normalized spacial score (nSPS) is 11.0. The average Bonchev–Trinajstić information content (AvgIpc) is 3.20. The van der Waals surface area contributed by atoms with Gasteiger partial charge in [0.1, 0.15) is 5.69 Å². The van der Waals surface area contributed by atoms with Crippen LogP contribution in [0.3, 0.4) is 0 Å². The van der Waals surface area contributed by atoms with Gasteiger partial charge in [-0.25, -0.2) is 4.68 Å². The monoisotopic (exact) mass is 495 g/mol. The standard InChI is InChI=1S/C22H15BrClN5O2/c23-17-3-1-15(2-4-17)22-16(13-25-26-19-7-5-18(24)6-8-19)14-28(27-22)20-9-11-21(12-10-20)29(30)31/h1-14,26H/b25-13-. The summed E-state index contributed by atoms with van der Waals surface area (Å²) in [6.07, 6.45) is 3.51. The van der Waals surface area contributed by atoms with Crippen molar-refractivity contribution in [2.24, 2.45) is 5.10 Å². The van der Waals surface area contributed by atoms with Crippen LogP contribution in [0.2, 0.25) is 5.02 Å². The average molecular weight is 497 g/mol. The number of nitrogens with zero attached hydrogens (tertiary/aromatic N) is 4. The summed E-state index contributed by atoms with van der Waals surface area (Å²) >= 11 is 9.35. The SMILES string of the molecule is O=[N+]([O-])c1ccc(-n2cc(/C=N\Nc3ccc(Cl)cc3)c(-c3ccc(Br)cc3)n2)cc1. The van der Waals surface area contributed by atoms with Crippen LogP contribution >= 0.6 is 27.5 Å². The van der Waals surface area contributed by atoms with Crippen molar-refractivity contribution in [1.82, 2.24) is 9.78 Å². The lowest BCUT2D eigenvalue weighted by Crippen LogP contribution is -1.95. The van der Waals surface area contributed by atoms with Gasteiger partial charge in [-0.2, -0.15) is 10.2 Å². The maximum atomic E-state index is 10.9. The van der Waals surface area contributed by atoms with E-state index in [2.05, 4.69) is 31.6 Å². The fourth-order valence-electron chi connectivity index (χ4n) is 2.87. The molecular formula is C22H15BrClN5O2. The number of hydrazone groups is 1. The zero-order valence-electron chi connectivity index (χ0n) is 15.9. The number of nitrogens with one attached hydrogen (secondary N) is 1. The van der Waals surface area contributed by atoms with Gasteiger partial charge in [0.15, 0.2) is 0 Å². The second kappa shape index (κ2) is 9.11. The lowest BCUT2D eigenvalue weighted by molar-refractivity contribution is -0.384. The molecule has 3 aromatic carbocycles. The van der Waals surface area contributed by atoms with Crippen LogP contribution in [-0.4, -0.2) is 20.9 Å². The van der Waals surface area contributed by atoms with Crippen molar-refractivity contribution < 1.29 is 4.92 Å². The summed E-state index contributed by atoms with van der Waals surface area (Å²) in [5, 5.41) is 20.6. The number of nitro benzene ring substituents is 1. The first-order chi connectivity index (χ1) is 15.0. The molecule has 0 aliphatic heterocycles. The van der Waals surface area contributed by atoms with E-state index in [-0.39, 0.29) is 5.69 Å². The molecule has 1 aromatic heterocycles. The Morgan fingerprint density at radius 2 is 1.71 bits per heavy atom. The third-order valence-electron chi connectivity index (χ3n) is 4.43. The van der Waals surface area contributed by atoms with Gasteiger partial charge in [0.2, 0.25) is 0 Å². The highest BCUT2D eigenvalue weighted by Crippen LogP contribution is 2.25. The van der Waals surface area contributed by atoms with Crippen LogP contribution in [-0.2, 0) is 0 Å². The molecule has 0 amide bonds. The number of hydrogen-bond donors (Lipinski definition) is 1. The van der Waals surface area contributed by atoms with Crippen molar-refractivity contribution in [2.75, 3.05) is 5.43 Å². The zero-order valence-corrected chi connectivity index (χ0v) is 18.3. The zero-order chi connectivity index (χ0) is 21.8. The van der Waals surface area contributed by atoms with Gasteiger partial charge in [-0.1, -0.05) is 39.7 Å². The van der Waals surface area contributed by atoms with Gasteiger partial charge in [0.05, 0.1) is 22.5 Å². The summed E-state index contributed by atoms with van der Waals surface area (Å²) in [4.78, 5) is 10.5. The molecule has 4 aromatic rings. The van der Waals surface area contributed by atoms with Crippen molar-refractivity contribution in [2.45, 2.75) is 0 Å². The van der Waals surface area contributed by atoms with Crippen LogP contribution in [0.4, 0.5) is 11.4 Å². The highest BCUT2D eigenvalue weighted by molar-refractivity contribution is 9.10. The minimum Gasteiger partial charge on any atom is -0.279 e. The fraction of sp³-hybridized carbons (Fsp3) is 0. The highest BCUT2D eigenvalue weighted by Gasteiger charge is 2.12. The molecule has 31 heavy (non-hydrogen) atoms. The summed E-state index contributed by atoms with van der Waals surface area (Å²) in [6.45, 7) is 0.